The van der Waals surface area contributed by atoms with Crippen molar-refractivity contribution in [2.75, 3.05) is 0 Å². The molecule has 5 atom stereocenters. The summed E-state index contributed by atoms with van der Waals surface area (Å²) < 4.78 is 17.7. The third kappa shape index (κ3) is 4.27. The van der Waals surface area contributed by atoms with Crippen molar-refractivity contribution in [3.63, 3.8) is 0 Å². The van der Waals surface area contributed by atoms with Gasteiger partial charge < -0.3 is 19.3 Å². The molecule has 1 aliphatic heterocycles. The number of aliphatic hydroxyl groups is 1. The highest BCUT2D eigenvalue weighted by molar-refractivity contribution is 6.42. The van der Waals surface area contributed by atoms with Crippen molar-refractivity contribution in [3.05, 3.63) is 37.9 Å². The Balaban J connectivity index is 2.16. The van der Waals surface area contributed by atoms with Gasteiger partial charge in [0.2, 0.25) is 5.28 Å². The molecule has 0 bridgehead atoms. The minimum Gasteiger partial charge on any atom is -0.455 e. The molecule has 1 fully saturated rings. The number of azide groups is 1. The number of imidazole rings is 1. The van der Waals surface area contributed by atoms with Crippen molar-refractivity contribution in [1.82, 2.24) is 9.55 Å². The van der Waals surface area contributed by atoms with Crippen molar-refractivity contribution in [1.29, 1.82) is 0 Å². The van der Waals surface area contributed by atoms with Crippen LogP contribution in [0.4, 0.5) is 0 Å². The number of hydrogen-bond donors (Lipinski definition) is 1. The Labute approximate surface area is 184 Å². The molecule has 1 N–H and O–H groups in total. The van der Waals surface area contributed by atoms with E-state index in [0.717, 1.165) is 13.8 Å². The molecule has 2 heterocycles. The third-order valence-electron chi connectivity index (χ3n) is 4.24. The van der Waals surface area contributed by atoms with E-state index >= 15 is 0 Å². The number of carbonyl (C=O) groups excluding carboxylic acids is 2. The molecular weight excluding hydrogens is 465 g/mol. The number of halogens is 3. The first-order chi connectivity index (χ1) is 14.1. The lowest BCUT2D eigenvalue weighted by atomic mass is 10.1. The fourth-order valence-corrected chi connectivity index (χ4v) is 3.77. The van der Waals surface area contributed by atoms with Gasteiger partial charge in [-0.25, -0.2) is 4.98 Å². The molecule has 30 heavy (non-hydrogen) atoms. The van der Waals surface area contributed by atoms with E-state index in [1.165, 1.54) is 16.7 Å². The van der Waals surface area contributed by atoms with Crippen molar-refractivity contribution >= 4 is 57.8 Å². The molecule has 3 rings (SSSR count). The predicted molar refractivity (Wildman–Crippen MR) is 105 cm³/mol. The number of benzene rings is 1. The van der Waals surface area contributed by atoms with E-state index in [0.29, 0.717) is 11.0 Å². The summed E-state index contributed by atoms with van der Waals surface area (Å²) >= 11 is 18.4. The molecule has 0 radical (unpaired) electrons. The van der Waals surface area contributed by atoms with E-state index in [-0.39, 0.29) is 15.3 Å². The lowest BCUT2D eigenvalue weighted by Gasteiger charge is -2.24. The van der Waals surface area contributed by atoms with Gasteiger partial charge in [-0.05, 0) is 29.3 Å². The second kappa shape index (κ2) is 8.84. The molecule has 0 saturated carbocycles. The summed E-state index contributed by atoms with van der Waals surface area (Å²) in [6, 6.07) is 2.96. The summed E-state index contributed by atoms with van der Waals surface area (Å²) in [5.41, 5.74) is 9.39. The molecule has 0 aliphatic carbocycles. The SMILES string of the molecule is CC(=O)OC1C(OC(C)=O)[C@@H](C(O)N=[N+]=[N-])OC1n1c(Cl)nc2cc(Cl)c(Cl)cc21. The molecule has 1 aromatic heterocycles. The van der Waals surface area contributed by atoms with Crippen LogP contribution in [0.15, 0.2) is 17.2 Å². The van der Waals surface area contributed by atoms with E-state index in [9.17, 15) is 14.7 Å². The van der Waals surface area contributed by atoms with E-state index in [1.54, 1.807) is 0 Å². The number of aliphatic hydroxyl groups excluding tert-OH is 1. The predicted octanol–water partition coefficient (Wildman–Crippen LogP) is 3.39. The fraction of sp³-hybridized carbons (Fsp3) is 0.438. The van der Waals surface area contributed by atoms with Crippen LogP contribution in [0, 0.1) is 0 Å². The zero-order valence-electron chi connectivity index (χ0n) is 15.4. The van der Waals surface area contributed by atoms with Crippen LogP contribution in [0.25, 0.3) is 21.5 Å². The number of rotatable bonds is 5. The molecule has 0 amide bonds. The normalized spacial score (nSPS) is 24.3. The van der Waals surface area contributed by atoms with Gasteiger partial charge in [0, 0.05) is 18.8 Å². The van der Waals surface area contributed by atoms with Crippen molar-refractivity contribution < 1.29 is 28.9 Å². The summed E-state index contributed by atoms with van der Waals surface area (Å²) in [5.74, 6) is -1.46. The zero-order valence-corrected chi connectivity index (χ0v) is 17.7. The second-order valence-corrected chi connectivity index (χ2v) is 7.42. The maximum atomic E-state index is 11.7. The van der Waals surface area contributed by atoms with Gasteiger partial charge in [-0.3, -0.25) is 14.2 Å². The zero-order chi connectivity index (χ0) is 22.2. The standard InChI is InChI=1S/C16H14Cl3N5O6/c1-5(25)28-11-12(14(27)22-23-20)30-15(13(11)29-6(2)26)24-10-4-8(18)7(17)3-9(10)21-16(24)19/h3-4,11-15,27H,1-2H3/t11?,12-,13?,14?,15?/m0/s1. The Bertz CT molecular complexity index is 1060. The van der Waals surface area contributed by atoms with Crippen molar-refractivity contribution in [2.24, 2.45) is 5.11 Å². The first kappa shape index (κ1) is 22.4. The molecule has 4 unspecified atom stereocenters. The van der Waals surface area contributed by atoms with Gasteiger partial charge >= 0.3 is 11.9 Å². The van der Waals surface area contributed by atoms with Gasteiger partial charge in [0.25, 0.3) is 0 Å². The number of esters is 2. The third-order valence-corrected chi connectivity index (χ3v) is 5.22. The summed E-state index contributed by atoms with van der Waals surface area (Å²) in [6.45, 7) is 2.26. The molecule has 2 aromatic rings. The number of hydrogen-bond acceptors (Lipinski definition) is 8. The first-order valence-corrected chi connectivity index (χ1v) is 9.52. The van der Waals surface area contributed by atoms with Crippen LogP contribution in [0.2, 0.25) is 15.3 Å². The van der Waals surface area contributed by atoms with Gasteiger partial charge in [0.15, 0.2) is 24.7 Å². The number of aromatic nitrogens is 2. The maximum Gasteiger partial charge on any atom is 0.303 e. The summed E-state index contributed by atoms with van der Waals surface area (Å²) in [5, 5.41) is 13.7. The van der Waals surface area contributed by atoms with Crippen LogP contribution in [0.1, 0.15) is 20.1 Å². The highest BCUT2D eigenvalue weighted by Crippen LogP contribution is 2.40. The molecule has 1 aliphatic rings. The Morgan fingerprint density at radius 2 is 1.83 bits per heavy atom. The quantitative estimate of drug-likeness (QED) is 0.299. The number of ether oxygens (including phenoxy) is 3. The molecule has 0 spiro atoms. The minimum atomic E-state index is -1.76. The van der Waals surface area contributed by atoms with Gasteiger partial charge in [0.05, 0.1) is 21.1 Å². The molecule has 11 nitrogen and oxygen atoms in total. The number of fused-ring (bicyclic) bond motifs is 1. The van der Waals surface area contributed by atoms with Crippen molar-refractivity contribution in [3.8, 4) is 0 Å². The van der Waals surface area contributed by atoms with Crippen molar-refractivity contribution in [2.45, 2.75) is 44.6 Å². The fourth-order valence-electron chi connectivity index (χ4n) is 3.18. The van der Waals surface area contributed by atoms with Crippen LogP contribution >= 0.6 is 34.8 Å². The highest BCUT2D eigenvalue weighted by atomic mass is 35.5. The number of nitrogens with zero attached hydrogens (tertiary/aromatic N) is 5. The molecular formula is C16H14Cl3N5O6. The lowest BCUT2D eigenvalue weighted by molar-refractivity contribution is -0.166. The average molecular weight is 479 g/mol. The first-order valence-electron chi connectivity index (χ1n) is 8.38. The van der Waals surface area contributed by atoms with Crippen LogP contribution in [0.5, 0.6) is 0 Å². The van der Waals surface area contributed by atoms with Gasteiger partial charge in [-0.1, -0.05) is 28.3 Å². The maximum absolute atomic E-state index is 11.7. The number of carbonyl (C=O) groups is 2. The average Bonchev–Trinajstić information content (AvgIpc) is 3.12. The highest BCUT2D eigenvalue weighted by Gasteiger charge is 2.53. The van der Waals surface area contributed by atoms with E-state index in [2.05, 4.69) is 15.0 Å². The topological polar surface area (TPSA) is 149 Å². The summed E-state index contributed by atoms with van der Waals surface area (Å²) in [6.07, 6.45) is -6.90. The summed E-state index contributed by atoms with van der Waals surface area (Å²) in [4.78, 5) is 30.1. The van der Waals surface area contributed by atoms with Crippen LogP contribution < -0.4 is 0 Å². The molecule has 1 saturated heterocycles. The molecule has 14 heteroatoms. The lowest BCUT2D eigenvalue weighted by Crippen LogP contribution is -2.42. The van der Waals surface area contributed by atoms with Gasteiger partial charge in [-0.2, -0.15) is 0 Å². The molecule has 160 valence electrons. The largest absolute Gasteiger partial charge is 0.455 e. The van der Waals surface area contributed by atoms with Crippen LogP contribution in [-0.2, 0) is 23.8 Å². The smallest absolute Gasteiger partial charge is 0.303 e. The minimum absolute atomic E-state index is 0.0778. The van der Waals surface area contributed by atoms with E-state index in [1.807, 2.05) is 0 Å². The Morgan fingerprint density at radius 3 is 2.43 bits per heavy atom. The monoisotopic (exact) mass is 477 g/mol. The Hall–Kier alpha value is -2.27. The van der Waals surface area contributed by atoms with Crippen LogP contribution in [-0.4, -0.2) is 51.1 Å². The Kier molecular flexibility index (Phi) is 6.61. The molecule has 1 aromatic carbocycles. The van der Waals surface area contributed by atoms with E-state index < -0.39 is 42.7 Å². The van der Waals surface area contributed by atoms with Gasteiger partial charge in [0.1, 0.15) is 6.10 Å². The van der Waals surface area contributed by atoms with Gasteiger partial charge in [-0.15, -0.1) is 0 Å². The second-order valence-electron chi connectivity index (χ2n) is 6.26. The summed E-state index contributed by atoms with van der Waals surface area (Å²) in [7, 11) is 0. The van der Waals surface area contributed by atoms with Crippen LogP contribution in [0.3, 0.4) is 0 Å². The Morgan fingerprint density at radius 1 is 1.23 bits per heavy atom. The van der Waals surface area contributed by atoms with E-state index in [4.69, 9.17) is 54.5 Å².